The number of hydrogen-bond acceptors (Lipinski definition) is 4. The Morgan fingerprint density at radius 3 is 2.74 bits per heavy atom. The number of amides is 1. The van der Waals surface area contributed by atoms with Crippen molar-refractivity contribution in [1.82, 2.24) is 25.3 Å². The van der Waals surface area contributed by atoms with Crippen molar-refractivity contribution in [2.45, 2.75) is 38.6 Å². The fourth-order valence-corrected chi connectivity index (χ4v) is 3.79. The molecule has 1 saturated carbocycles. The standard InChI is InChI=1S/C21H23N5O/c1-15-9-10-17(22-14-15)13-16-5-4-7-19(16)25-21(27)18-6-2-3-8-20(18)26-23-11-12-24-26/h2-3,6,8-12,14,16,19H,4-5,7,13H2,1H3,(H,25,27). The molecule has 1 N–H and O–H groups in total. The van der Waals surface area contributed by atoms with Crippen molar-refractivity contribution >= 4 is 5.91 Å². The van der Waals surface area contributed by atoms with Crippen LogP contribution in [-0.2, 0) is 6.42 Å². The molecule has 0 aliphatic heterocycles. The highest BCUT2D eigenvalue weighted by Gasteiger charge is 2.29. The zero-order valence-corrected chi connectivity index (χ0v) is 15.4. The van der Waals surface area contributed by atoms with E-state index in [-0.39, 0.29) is 11.9 Å². The van der Waals surface area contributed by atoms with Crippen molar-refractivity contribution in [2.24, 2.45) is 5.92 Å². The van der Waals surface area contributed by atoms with Crippen LogP contribution in [-0.4, -0.2) is 31.9 Å². The molecule has 6 nitrogen and oxygen atoms in total. The van der Waals surface area contributed by atoms with Gasteiger partial charge in [0.1, 0.15) is 0 Å². The molecule has 1 fully saturated rings. The molecular weight excluding hydrogens is 338 g/mol. The number of pyridine rings is 1. The Bertz CT molecular complexity index is 905. The molecule has 2 unspecified atom stereocenters. The molecule has 2 aromatic heterocycles. The van der Waals surface area contributed by atoms with E-state index in [1.807, 2.05) is 37.4 Å². The van der Waals surface area contributed by atoms with Gasteiger partial charge in [-0.15, -0.1) is 0 Å². The molecule has 0 spiro atoms. The van der Waals surface area contributed by atoms with Gasteiger partial charge in [-0.2, -0.15) is 15.0 Å². The van der Waals surface area contributed by atoms with Gasteiger partial charge in [0.15, 0.2) is 0 Å². The predicted octanol–water partition coefficient (Wildman–Crippen LogP) is 3.11. The first kappa shape index (κ1) is 17.4. The van der Waals surface area contributed by atoms with Crippen LogP contribution in [0, 0.1) is 12.8 Å². The summed E-state index contributed by atoms with van der Waals surface area (Å²) in [5.74, 6) is 0.343. The van der Waals surface area contributed by atoms with Gasteiger partial charge in [-0.3, -0.25) is 9.78 Å². The third kappa shape index (κ3) is 3.89. The molecule has 6 heteroatoms. The maximum Gasteiger partial charge on any atom is 0.253 e. The highest BCUT2D eigenvalue weighted by molar-refractivity contribution is 5.97. The van der Waals surface area contributed by atoms with Crippen molar-refractivity contribution in [2.75, 3.05) is 0 Å². The molecule has 1 aliphatic rings. The lowest BCUT2D eigenvalue weighted by Crippen LogP contribution is -2.38. The fraction of sp³-hybridized carbons (Fsp3) is 0.333. The highest BCUT2D eigenvalue weighted by Crippen LogP contribution is 2.29. The minimum absolute atomic E-state index is 0.0725. The Morgan fingerprint density at radius 2 is 1.96 bits per heavy atom. The number of carbonyl (C=O) groups excluding carboxylic acids is 1. The molecule has 0 bridgehead atoms. The Morgan fingerprint density at radius 1 is 1.15 bits per heavy atom. The van der Waals surface area contributed by atoms with Gasteiger partial charge < -0.3 is 5.32 Å². The molecule has 3 aromatic rings. The van der Waals surface area contributed by atoms with Crippen molar-refractivity contribution in [3.8, 4) is 5.69 Å². The van der Waals surface area contributed by atoms with E-state index in [1.54, 1.807) is 12.4 Å². The monoisotopic (exact) mass is 361 g/mol. The summed E-state index contributed by atoms with van der Waals surface area (Å²) in [4.78, 5) is 19.0. The van der Waals surface area contributed by atoms with Gasteiger partial charge in [0, 0.05) is 17.9 Å². The van der Waals surface area contributed by atoms with Crippen LogP contribution in [0.4, 0.5) is 0 Å². The van der Waals surface area contributed by atoms with E-state index >= 15 is 0 Å². The number of nitrogens with zero attached hydrogens (tertiary/aromatic N) is 4. The summed E-state index contributed by atoms with van der Waals surface area (Å²) >= 11 is 0. The Hall–Kier alpha value is -3.02. The first-order valence-electron chi connectivity index (χ1n) is 9.39. The summed E-state index contributed by atoms with van der Waals surface area (Å²) in [6.45, 7) is 2.04. The van der Waals surface area contributed by atoms with Crippen LogP contribution in [0.15, 0.2) is 55.0 Å². The van der Waals surface area contributed by atoms with Crippen LogP contribution < -0.4 is 5.32 Å². The molecular formula is C21H23N5O. The van der Waals surface area contributed by atoms with E-state index in [9.17, 15) is 4.79 Å². The molecule has 0 saturated heterocycles. The maximum absolute atomic E-state index is 13.0. The van der Waals surface area contributed by atoms with Gasteiger partial charge in [-0.05, 0) is 55.9 Å². The summed E-state index contributed by atoms with van der Waals surface area (Å²) in [5, 5.41) is 11.6. The third-order valence-electron chi connectivity index (χ3n) is 5.20. The molecule has 1 amide bonds. The summed E-state index contributed by atoms with van der Waals surface area (Å²) in [6.07, 6.45) is 9.27. The van der Waals surface area contributed by atoms with Gasteiger partial charge in [-0.1, -0.05) is 24.6 Å². The second-order valence-electron chi connectivity index (χ2n) is 7.14. The smallest absolute Gasteiger partial charge is 0.253 e. The quantitative estimate of drug-likeness (QED) is 0.758. The van der Waals surface area contributed by atoms with Crippen LogP contribution >= 0.6 is 0 Å². The maximum atomic E-state index is 13.0. The van der Waals surface area contributed by atoms with E-state index in [0.29, 0.717) is 17.2 Å². The second-order valence-corrected chi connectivity index (χ2v) is 7.14. The first-order valence-corrected chi connectivity index (χ1v) is 9.39. The van der Waals surface area contributed by atoms with Crippen molar-refractivity contribution in [3.05, 3.63) is 71.8 Å². The Balaban J connectivity index is 1.48. The topological polar surface area (TPSA) is 72.7 Å². The van der Waals surface area contributed by atoms with Gasteiger partial charge >= 0.3 is 0 Å². The zero-order valence-electron chi connectivity index (χ0n) is 15.4. The molecule has 4 rings (SSSR count). The van der Waals surface area contributed by atoms with Crippen LogP contribution in [0.5, 0.6) is 0 Å². The fourth-order valence-electron chi connectivity index (χ4n) is 3.79. The normalized spacial score (nSPS) is 19.1. The van der Waals surface area contributed by atoms with E-state index < -0.39 is 0 Å². The number of aryl methyl sites for hydroxylation is 1. The summed E-state index contributed by atoms with van der Waals surface area (Å²) < 4.78 is 0. The largest absolute Gasteiger partial charge is 0.349 e. The van der Waals surface area contributed by atoms with Crippen LogP contribution in [0.3, 0.4) is 0 Å². The average molecular weight is 361 g/mol. The molecule has 138 valence electrons. The third-order valence-corrected chi connectivity index (χ3v) is 5.20. The van der Waals surface area contributed by atoms with E-state index in [2.05, 4.69) is 32.6 Å². The highest BCUT2D eigenvalue weighted by atomic mass is 16.1. The molecule has 1 aliphatic carbocycles. The number of nitrogens with one attached hydrogen (secondary N) is 1. The van der Waals surface area contributed by atoms with Crippen LogP contribution in [0.1, 0.15) is 40.9 Å². The molecule has 2 atom stereocenters. The van der Waals surface area contributed by atoms with Crippen LogP contribution in [0.2, 0.25) is 0 Å². The lowest BCUT2D eigenvalue weighted by molar-refractivity contribution is 0.0927. The number of benzene rings is 1. The number of aromatic nitrogens is 4. The molecule has 1 aromatic carbocycles. The minimum Gasteiger partial charge on any atom is -0.349 e. The predicted molar refractivity (Wildman–Crippen MR) is 103 cm³/mol. The lowest BCUT2D eigenvalue weighted by Gasteiger charge is -2.21. The van der Waals surface area contributed by atoms with Crippen molar-refractivity contribution < 1.29 is 4.79 Å². The number of carbonyl (C=O) groups is 1. The van der Waals surface area contributed by atoms with Crippen molar-refractivity contribution in [1.29, 1.82) is 0 Å². The number of rotatable bonds is 5. The first-order chi connectivity index (χ1) is 13.2. The number of para-hydroxylation sites is 1. The van der Waals surface area contributed by atoms with Gasteiger partial charge in [-0.25, -0.2) is 0 Å². The molecule has 2 heterocycles. The van der Waals surface area contributed by atoms with Gasteiger partial charge in [0.05, 0.1) is 23.6 Å². The summed E-state index contributed by atoms with van der Waals surface area (Å²) in [6, 6.07) is 11.8. The Labute approximate surface area is 158 Å². The average Bonchev–Trinajstić information content (AvgIpc) is 3.36. The number of hydrogen-bond donors (Lipinski definition) is 1. The van der Waals surface area contributed by atoms with Crippen molar-refractivity contribution in [3.63, 3.8) is 0 Å². The minimum atomic E-state index is -0.0725. The summed E-state index contributed by atoms with van der Waals surface area (Å²) in [5.41, 5.74) is 3.54. The summed E-state index contributed by atoms with van der Waals surface area (Å²) in [7, 11) is 0. The van der Waals surface area contributed by atoms with E-state index in [1.165, 1.54) is 10.4 Å². The SMILES string of the molecule is Cc1ccc(CC2CCCC2NC(=O)c2ccccc2-n2nccn2)nc1. The molecule has 0 radical (unpaired) electrons. The zero-order chi connectivity index (χ0) is 18.6. The van der Waals surface area contributed by atoms with Gasteiger partial charge in [0.25, 0.3) is 5.91 Å². The van der Waals surface area contributed by atoms with E-state index in [0.717, 1.165) is 31.4 Å². The lowest BCUT2D eigenvalue weighted by atomic mass is 9.96. The van der Waals surface area contributed by atoms with Gasteiger partial charge in [0.2, 0.25) is 0 Å². The van der Waals surface area contributed by atoms with E-state index in [4.69, 9.17) is 0 Å². The Kier molecular flexibility index (Phi) is 4.96. The van der Waals surface area contributed by atoms with Crippen LogP contribution in [0.25, 0.3) is 5.69 Å². The molecule has 27 heavy (non-hydrogen) atoms. The second kappa shape index (κ2) is 7.70.